The third kappa shape index (κ3) is 1.80. The summed E-state index contributed by atoms with van der Waals surface area (Å²) in [7, 11) is 0. The van der Waals surface area contributed by atoms with Crippen molar-refractivity contribution >= 4 is 15.9 Å². The van der Waals surface area contributed by atoms with E-state index < -0.39 is 0 Å². The Morgan fingerprint density at radius 1 is 1.36 bits per heavy atom. The quantitative estimate of drug-likeness (QED) is 0.761. The van der Waals surface area contributed by atoms with Crippen molar-refractivity contribution < 1.29 is 4.39 Å². The summed E-state index contributed by atoms with van der Waals surface area (Å²) in [6.45, 7) is 3.88. The number of hydrogen-bond donors (Lipinski definition) is 0. The van der Waals surface area contributed by atoms with Crippen LogP contribution in [0.5, 0.6) is 0 Å². The predicted molar refractivity (Wildman–Crippen MR) is 55.8 cm³/mol. The van der Waals surface area contributed by atoms with Crippen LogP contribution in [0, 0.1) is 5.82 Å². The summed E-state index contributed by atoms with van der Waals surface area (Å²) < 4.78 is 14.4. The minimum Gasteiger partial charge on any atom is -0.224 e. The average molecular weight is 259 g/mol. The number of halogens is 2. The average Bonchev–Trinajstić information content (AvgIpc) is 2.91. The highest BCUT2D eigenvalue weighted by Gasteiger charge is 2.30. The first-order valence-corrected chi connectivity index (χ1v) is 5.61. The molecule has 0 saturated heterocycles. The van der Waals surface area contributed by atoms with Crippen molar-refractivity contribution in [2.24, 2.45) is 0 Å². The normalized spacial score (nSPS) is 16.4. The van der Waals surface area contributed by atoms with Crippen LogP contribution in [0.2, 0.25) is 0 Å². The Balaban J connectivity index is 2.49. The molecule has 0 aromatic carbocycles. The number of aromatic nitrogens is 2. The van der Waals surface area contributed by atoms with E-state index in [2.05, 4.69) is 25.9 Å². The van der Waals surface area contributed by atoms with Gasteiger partial charge in [0.05, 0.1) is 11.4 Å². The van der Waals surface area contributed by atoms with Crippen LogP contribution in [-0.4, -0.2) is 9.97 Å². The van der Waals surface area contributed by atoms with Crippen molar-refractivity contribution in [1.29, 1.82) is 0 Å². The van der Waals surface area contributed by atoms with Crippen LogP contribution in [0.4, 0.5) is 4.39 Å². The van der Waals surface area contributed by atoms with E-state index in [1.165, 1.54) is 0 Å². The molecule has 0 spiro atoms. The van der Waals surface area contributed by atoms with Gasteiger partial charge < -0.3 is 0 Å². The lowest BCUT2D eigenvalue weighted by molar-refractivity contribution is 0.554. The van der Waals surface area contributed by atoms with Crippen molar-refractivity contribution in [3.8, 4) is 0 Å². The summed E-state index contributed by atoms with van der Waals surface area (Å²) in [5.74, 6) is 0.226. The maximum atomic E-state index is 13.8. The number of nitrogens with zero attached hydrogens (tertiary/aromatic N) is 2. The van der Waals surface area contributed by atoms with Gasteiger partial charge in [0.1, 0.15) is 0 Å². The van der Waals surface area contributed by atoms with Gasteiger partial charge in [-0.05, 0) is 34.7 Å². The van der Waals surface area contributed by atoms with Crippen molar-refractivity contribution in [2.45, 2.75) is 38.5 Å². The molecule has 4 heteroatoms. The van der Waals surface area contributed by atoms with Crippen LogP contribution >= 0.6 is 15.9 Å². The summed E-state index contributed by atoms with van der Waals surface area (Å²) >= 11 is 3.22. The van der Waals surface area contributed by atoms with E-state index in [1.54, 1.807) is 0 Å². The van der Waals surface area contributed by atoms with E-state index in [1.807, 2.05) is 13.8 Å². The van der Waals surface area contributed by atoms with Crippen LogP contribution < -0.4 is 0 Å². The summed E-state index contributed by atoms with van der Waals surface area (Å²) in [4.78, 5) is 8.18. The fourth-order valence-corrected chi connectivity index (χ4v) is 1.85. The topological polar surface area (TPSA) is 25.8 Å². The molecule has 1 fully saturated rings. The van der Waals surface area contributed by atoms with Crippen LogP contribution in [-0.2, 0) is 0 Å². The molecular weight excluding hydrogens is 247 g/mol. The maximum absolute atomic E-state index is 13.8. The van der Waals surface area contributed by atoms with E-state index in [0.29, 0.717) is 22.0 Å². The highest BCUT2D eigenvalue weighted by atomic mass is 79.9. The minimum absolute atomic E-state index is 0.104. The second kappa shape index (κ2) is 3.57. The fraction of sp³-hybridized carbons (Fsp3) is 0.600. The molecule has 2 rings (SSSR count). The molecule has 1 heterocycles. The molecule has 1 aromatic rings. The Morgan fingerprint density at radius 2 is 2.00 bits per heavy atom. The van der Waals surface area contributed by atoms with Gasteiger partial charge in [0.15, 0.2) is 10.6 Å². The lowest BCUT2D eigenvalue weighted by atomic mass is 10.1. The molecule has 2 nitrogen and oxygen atoms in total. The lowest BCUT2D eigenvalue weighted by Crippen LogP contribution is -2.05. The zero-order valence-corrected chi connectivity index (χ0v) is 9.81. The van der Waals surface area contributed by atoms with Gasteiger partial charge in [-0.3, -0.25) is 0 Å². The molecule has 14 heavy (non-hydrogen) atoms. The number of rotatable bonds is 2. The summed E-state index contributed by atoms with van der Waals surface area (Å²) in [6.07, 6.45) is 2.11. The SMILES string of the molecule is CC(C)c1nc(Br)nc(C2CC2)c1F. The van der Waals surface area contributed by atoms with Crippen molar-refractivity contribution in [1.82, 2.24) is 9.97 Å². The first-order valence-electron chi connectivity index (χ1n) is 4.82. The second-order valence-electron chi connectivity index (χ2n) is 4.01. The highest BCUT2D eigenvalue weighted by molar-refractivity contribution is 9.10. The van der Waals surface area contributed by atoms with E-state index in [9.17, 15) is 4.39 Å². The predicted octanol–water partition coefficient (Wildman–Crippen LogP) is 3.38. The largest absolute Gasteiger partial charge is 0.224 e. The van der Waals surface area contributed by atoms with Crippen molar-refractivity contribution in [2.75, 3.05) is 0 Å². The van der Waals surface area contributed by atoms with E-state index in [4.69, 9.17) is 0 Å². The summed E-state index contributed by atoms with van der Waals surface area (Å²) in [6, 6.07) is 0. The monoisotopic (exact) mass is 258 g/mol. The van der Waals surface area contributed by atoms with Gasteiger partial charge in [-0.1, -0.05) is 13.8 Å². The van der Waals surface area contributed by atoms with Crippen LogP contribution in [0.25, 0.3) is 0 Å². The molecule has 76 valence electrons. The third-order valence-corrected chi connectivity index (χ3v) is 2.74. The standard InChI is InChI=1S/C10H12BrFN2/c1-5(2)8-7(12)9(6-3-4-6)14-10(11)13-8/h5-6H,3-4H2,1-2H3. The zero-order valence-electron chi connectivity index (χ0n) is 8.22. The Hall–Kier alpha value is -0.510. The molecule has 1 saturated carbocycles. The van der Waals surface area contributed by atoms with Gasteiger partial charge in [0.25, 0.3) is 0 Å². The van der Waals surface area contributed by atoms with E-state index in [-0.39, 0.29) is 11.7 Å². The molecule has 1 aliphatic rings. The van der Waals surface area contributed by atoms with Gasteiger partial charge in [0.2, 0.25) is 0 Å². The van der Waals surface area contributed by atoms with Crippen molar-refractivity contribution in [3.63, 3.8) is 0 Å². The Bertz CT molecular complexity index is 338. The molecule has 0 unspecified atom stereocenters. The number of hydrogen-bond acceptors (Lipinski definition) is 2. The molecule has 0 radical (unpaired) electrons. The molecule has 0 atom stereocenters. The first-order chi connectivity index (χ1) is 6.59. The second-order valence-corrected chi connectivity index (χ2v) is 4.72. The van der Waals surface area contributed by atoms with Gasteiger partial charge in [0, 0.05) is 5.92 Å². The smallest absolute Gasteiger partial charge is 0.197 e. The third-order valence-electron chi connectivity index (χ3n) is 2.39. The van der Waals surface area contributed by atoms with Gasteiger partial charge in [-0.2, -0.15) is 0 Å². The first kappa shape index (κ1) is 10.0. The molecule has 1 aliphatic carbocycles. The Morgan fingerprint density at radius 3 is 2.50 bits per heavy atom. The molecule has 0 aliphatic heterocycles. The van der Waals surface area contributed by atoms with Gasteiger partial charge in [-0.25, -0.2) is 14.4 Å². The molecular formula is C10H12BrFN2. The van der Waals surface area contributed by atoms with Gasteiger partial charge in [-0.15, -0.1) is 0 Å². The maximum Gasteiger partial charge on any atom is 0.197 e. The summed E-state index contributed by atoms with van der Waals surface area (Å²) in [5, 5.41) is 0. The highest BCUT2D eigenvalue weighted by Crippen LogP contribution is 2.41. The van der Waals surface area contributed by atoms with E-state index in [0.717, 1.165) is 12.8 Å². The molecule has 0 amide bonds. The Kier molecular flexibility index (Phi) is 2.56. The van der Waals surface area contributed by atoms with E-state index >= 15 is 0 Å². The van der Waals surface area contributed by atoms with Crippen LogP contribution in [0.15, 0.2) is 4.73 Å². The zero-order chi connectivity index (χ0) is 10.3. The van der Waals surface area contributed by atoms with Crippen molar-refractivity contribution in [3.05, 3.63) is 21.9 Å². The summed E-state index contributed by atoms with van der Waals surface area (Å²) in [5.41, 5.74) is 1.12. The Labute approximate surface area is 91.1 Å². The van der Waals surface area contributed by atoms with Crippen LogP contribution in [0.1, 0.15) is 49.9 Å². The lowest BCUT2D eigenvalue weighted by Gasteiger charge is -2.09. The molecule has 0 N–H and O–H groups in total. The van der Waals surface area contributed by atoms with Gasteiger partial charge >= 0.3 is 0 Å². The van der Waals surface area contributed by atoms with Crippen LogP contribution in [0.3, 0.4) is 0 Å². The molecule has 0 bridgehead atoms. The fourth-order valence-electron chi connectivity index (χ4n) is 1.46. The minimum atomic E-state index is -0.203. The molecule has 1 aromatic heterocycles.